The van der Waals surface area contributed by atoms with Gasteiger partial charge in [-0.1, -0.05) is 30.2 Å². The molecule has 1 aromatic carbocycles. The van der Waals surface area contributed by atoms with Gasteiger partial charge in [0.15, 0.2) is 6.54 Å². The molecule has 2 N–H and O–H groups in total. The third-order valence-corrected chi connectivity index (χ3v) is 5.89. The molecule has 0 radical (unpaired) electrons. The molecule has 4 atom stereocenters. The number of amides is 1. The minimum Gasteiger partial charge on any atom is -0.345 e. The average molecular weight is 336 g/mol. The second kappa shape index (κ2) is 7.67. The SMILES string of the molecule is C[C@H](NC(=O)C[NH+]1CCC[C@H]2CCCC[C@@H]21)c1ccc(Cl)cc1. The van der Waals surface area contributed by atoms with E-state index in [9.17, 15) is 4.79 Å². The smallest absolute Gasteiger partial charge is 0.275 e. The van der Waals surface area contributed by atoms with Crippen LogP contribution in [-0.4, -0.2) is 25.0 Å². The number of rotatable bonds is 4. The molecule has 2 aliphatic rings. The first kappa shape index (κ1) is 16.8. The topological polar surface area (TPSA) is 33.5 Å². The van der Waals surface area contributed by atoms with Gasteiger partial charge in [0.25, 0.3) is 5.91 Å². The molecule has 126 valence electrons. The van der Waals surface area contributed by atoms with Crippen molar-refractivity contribution in [1.82, 2.24) is 5.32 Å². The Morgan fingerprint density at radius 2 is 1.91 bits per heavy atom. The van der Waals surface area contributed by atoms with E-state index in [0.717, 1.165) is 23.0 Å². The summed E-state index contributed by atoms with van der Waals surface area (Å²) in [4.78, 5) is 14.0. The summed E-state index contributed by atoms with van der Waals surface area (Å²) >= 11 is 5.93. The average Bonchev–Trinajstić information content (AvgIpc) is 2.55. The molecule has 1 aliphatic carbocycles. The number of hydrogen-bond acceptors (Lipinski definition) is 1. The number of nitrogens with one attached hydrogen (secondary N) is 2. The summed E-state index contributed by atoms with van der Waals surface area (Å²) < 4.78 is 0. The Labute approximate surface area is 144 Å². The second-order valence-corrected chi connectivity index (χ2v) is 7.66. The molecule has 1 unspecified atom stereocenters. The van der Waals surface area contributed by atoms with E-state index in [4.69, 9.17) is 11.6 Å². The Kier molecular flexibility index (Phi) is 5.60. The first-order valence-electron chi connectivity index (χ1n) is 9.03. The number of carbonyl (C=O) groups is 1. The maximum Gasteiger partial charge on any atom is 0.275 e. The van der Waals surface area contributed by atoms with Crippen LogP contribution >= 0.6 is 11.6 Å². The molecule has 2 fully saturated rings. The Morgan fingerprint density at radius 3 is 2.70 bits per heavy atom. The van der Waals surface area contributed by atoms with Crippen LogP contribution in [0.15, 0.2) is 24.3 Å². The largest absolute Gasteiger partial charge is 0.345 e. The first-order valence-corrected chi connectivity index (χ1v) is 9.40. The molecule has 1 saturated carbocycles. The zero-order valence-electron chi connectivity index (χ0n) is 14.0. The highest BCUT2D eigenvalue weighted by molar-refractivity contribution is 6.30. The minimum absolute atomic E-state index is 0.0334. The van der Waals surface area contributed by atoms with Crippen LogP contribution in [0.3, 0.4) is 0 Å². The molecule has 3 nitrogen and oxygen atoms in total. The fourth-order valence-corrected chi connectivity index (χ4v) is 4.55. The standard InChI is InChI=1S/C19H27ClN2O/c1-14(15-8-10-17(20)11-9-15)21-19(23)13-22-12-4-6-16-5-2-3-7-18(16)22/h8-11,14,16,18H,2-7,12-13H2,1H3,(H,21,23)/p+1/t14-,16+,18-/m0/s1. The van der Waals surface area contributed by atoms with Crippen molar-refractivity contribution in [2.24, 2.45) is 5.92 Å². The number of carbonyl (C=O) groups excluding carboxylic acids is 1. The molecule has 0 spiro atoms. The van der Waals surface area contributed by atoms with E-state index >= 15 is 0 Å². The van der Waals surface area contributed by atoms with Crippen molar-refractivity contribution in [2.45, 2.75) is 57.5 Å². The molecule has 4 heteroatoms. The summed E-state index contributed by atoms with van der Waals surface area (Å²) in [7, 11) is 0. The molecule has 1 aliphatic heterocycles. The molecule has 1 heterocycles. The predicted octanol–water partition coefficient (Wildman–Crippen LogP) is 2.75. The normalized spacial score (nSPS) is 28.7. The summed E-state index contributed by atoms with van der Waals surface area (Å²) in [6.07, 6.45) is 8.05. The van der Waals surface area contributed by atoms with E-state index in [1.165, 1.54) is 43.4 Å². The van der Waals surface area contributed by atoms with Gasteiger partial charge < -0.3 is 10.2 Å². The summed E-state index contributed by atoms with van der Waals surface area (Å²) in [6.45, 7) is 3.82. The zero-order valence-corrected chi connectivity index (χ0v) is 14.7. The fraction of sp³-hybridized carbons (Fsp3) is 0.632. The Morgan fingerprint density at radius 1 is 1.22 bits per heavy atom. The molecule has 3 rings (SSSR count). The van der Waals surface area contributed by atoms with Crippen molar-refractivity contribution in [2.75, 3.05) is 13.1 Å². The number of benzene rings is 1. The molecule has 1 amide bonds. The van der Waals surface area contributed by atoms with Crippen LogP contribution < -0.4 is 10.2 Å². The van der Waals surface area contributed by atoms with Crippen molar-refractivity contribution in [3.63, 3.8) is 0 Å². The fourth-order valence-electron chi connectivity index (χ4n) is 4.42. The lowest BCUT2D eigenvalue weighted by Crippen LogP contribution is -3.18. The monoisotopic (exact) mass is 335 g/mol. The summed E-state index contributed by atoms with van der Waals surface area (Å²) in [5, 5.41) is 3.89. The van der Waals surface area contributed by atoms with E-state index in [0.29, 0.717) is 12.6 Å². The number of fused-ring (bicyclic) bond motifs is 1. The first-order chi connectivity index (χ1) is 11.1. The lowest BCUT2D eigenvalue weighted by molar-refractivity contribution is -0.928. The van der Waals surface area contributed by atoms with Gasteiger partial charge in [-0.15, -0.1) is 0 Å². The molecule has 23 heavy (non-hydrogen) atoms. The molecule has 1 aromatic rings. The quantitative estimate of drug-likeness (QED) is 0.871. The van der Waals surface area contributed by atoms with Crippen molar-refractivity contribution < 1.29 is 9.69 Å². The second-order valence-electron chi connectivity index (χ2n) is 7.22. The van der Waals surface area contributed by atoms with Gasteiger partial charge in [-0.2, -0.15) is 0 Å². The summed E-state index contributed by atoms with van der Waals surface area (Å²) in [5.41, 5.74) is 1.10. The highest BCUT2D eigenvalue weighted by atomic mass is 35.5. The van der Waals surface area contributed by atoms with Gasteiger partial charge in [0.1, 0.15) is 0 Å². The molecular weight excluding hydrogens is 308 g/mol. The van der Waals surface area contributed by atoms with Crippen LogP contribution in [0.1, 0.15) is 57.1 Å². The van der Waals surface area contributed by atoms with Gasteiger partial charge in [-0.3, -0.25) is 4.79 Å². The van der Waals surface area contributed by atoms with Crippen LogP contribution in [0, 0.1) is 5.92 Å². The van der Waals surface area contributed by atoms with Gasteiger partial charge in [0.05, 0.1) is 18.6 Å². The lowest BCUT2D eigenvalue weighted by atomic mass is 9.78. The van der Waals surface area contributed by atoms with Crippen molar-refractivity contribution in [3.8, 4) is 0 Å². The number of likely N-dealkylation sites (tertiary alicyclic amines) is 1. The van der Waals surface area contributed by atoms with E-state index < -0.39 is 0 Å². The minimum atomic E-state index is 0.0334. The van der Waals surface area contributed by atoms with Crippen molar-refractivity contribution >= 4 is 17.5 Å². The highest BCUT2D eigenvalue weighted by Gasteiger charge is 2.37. The highest BCUT2D eigenvalue weighted by Crippen LogP contribution is 2.28. The van der Waals surface area contributed by atoms with E-state index in [1.807, 2.05) is 31.2 Å². The molecule has 0 bridgehead atoms. The Bertz CT molecular complexity index is 529. The Balaban J connectivity index is 1.55. The number of quaternary nitrogens is 1. The van der Waals surface area contributed by atoms with Crippen LogP contribution in [-0.2, 0) is 4.79 Å². The van der Waals surface area contributed by atoms with Crippen molar-refractivity contribution in [3.05, 3.63) is 34.9 Å². The van der Waals surface area contributed by atoms with Gasteiger partial charge in [0.2, 0.25) is 0 Å². The van der Waals surface area contributed by atoms with Crippen LogP contribution in [0.2, 0.25) is 5.02 Å². The maximum absolute atomic E-state index is 12.5. The van der Waals surface area contributed by atoms with Crippen LogP contribution in [0.4, 0.5) is 0 Å². The summed E-state index contributed by atoms with van der Waals surface area (Å²) in [6, 6.07) is 8.47. The maximum atomic E-state index is 12.5. The van der Waals surface area contributed by atoms with Crippen LogP contribution in [0.5, 0.6) is 0 Å². The van der Waals surface area contributed by atoms with E-state index in [2.05, 4.69) is 5.32 Å². The van der Waals surface area contributed by atoms with E-state index in [-0.39, 0.29) is 11.9 Å². The predicted molar refractivity (Wildman–Crippen MR) is 93.7 cm³/mol. The van der Waals surface area contributed by atoms with Gasteiger partial charge in [-0.25, -0.2) is 0 Å². The van der Waals surface area contributed by atoms with Crippen LogP contribution in [0.25, 0.3) is 0 Å². The third kappa shape index (κ3) is 4.27. The molecule has 1 saturated heterocycles. The van der Waals surface area contributed by atoms with Crippen molar-refractivity contribution in [1.29, 1.82) is 0 Å². The summed E-state index contributed by atoms with van der Waals surface area (Å²) in [5.74, 6) is 1.03. The van der Waals surface area contributed by atoms with Gasteiger partial charge in [-0.05, 0) is 56.7 Å². The number of hydrogen-bond donors (Lipinski definition) is 2. The Hall–Kier alpha value is -1.06. The number of halogens is 1. The third-order valence-electron chi connectivity index (χ3n) is 5.64. The van der Waals surface area contributed by atoms with Gasteiger partial charge >= 0.3 is 0 Å². The van der Waals surface area contributed by atoms with Gasteiger partial charge in [0, 0.05) is 10.9 Å². The molecular formula is C19H28ClN2O+. The lowest BCUT2D eigenvalue weighted by Gasteiger charge is -2.40. The van der Waals surface area contributed by atoms with E-state index in [1.54, 1.807) is 0 Å². The zero-order chi connectivity index (χ0) is 16.2. The number of piperidine rings is 1. The molecule has 0 aromatic heterocycles.